The van der Waals surface area contributed by atoms with Crippen molar-refractivity contribution in [2.45, 2.75) is 11.4 Å². The van der Waals surface area contributed by atoms with Crippen LogP contribution < -0.4 is 16.2 Å². The molecular weight excluding hydrogens is 288 g/mol. The molecule has 2 rings (SSSR count). The van der Waals surface area contributed by atoms with E-state index >= 15 is 0 Å². The highest BCUT2D eigenvalue weighted by Crippen LogP contribution is 2.22. The van der Waals surface area contributed by atoms with Gasteiger partial charge in [0.2, 0.25) is 10.0 Å². The van der Waals surface area contributed by atoms with Crippen molar-refractivity contribution in [2.75, 3.05) is 11.1 Å². The van der Waals surface area contributed by atoms with Crippen LogP contribution >= 0.6 is 0 Å². The van der Waals surface area contributed by atoms with Crippen molar-refractivity contribution in [1.82, 2.24) is 0 Å². The maximum atomic E-state index is 11.3. The first-order chi connectivity index (χ1) is 9.90. The summed E-state index contributed by atoms with van der Waals surface area (Å²) < 4.78 is 22.6. The van der Waals surface area contributed by atoms with Crippen molar-refractivity contribution in [2.24, 2.45) is 5.14 Å². The molecule has 5 N–H and O–H groups in total. The molecule has 0 unspecified atom stereocenters. The highest BCUT2D eigenvalue weighted by Gasteiger charge is 2.10. The number of anilines is 2. The van der Waals surface area contributed by atoms with E-state index in [1.54, 1.807) is 12.1 Å². The van der Waals surface area contributed by atoms with Crippen LogP contribution in [0.25, 0.3) is 0 Å². The Morgan fingerprint density at radius 1 is 1.14 bits per heavy atom. The average Bonchev–Trinajstić information content (AvgIpc) is 2.45. The average molecular weight is 302 g/mol. The van der Waals surface area contributed by atoms with Crippen molar-refractivity contribution in [3.8, 4) is 6.07 Å². The molecule has 0 fully saturated rings. The van der Waals surface area contributed by atoms with Crippen molar-refractivity contribution in [1.29, 1.82) is 5.26 Å². The quantitative estimate of drug-likeness (QED) is 0.737. The maximum absolute atomic E-state index is 11.3. The van der Waals surface area contributed by atoms with Gasteiger partial charge in [0.1, 0.15) is 0 Å². The zero-order valence-corrected chi connectivity index (χ0v) is 11.9. The third-order valence-corrected chi connectivity index (χ3v) is 3.83. The van der Waals surface area contributed by atoms with Crippen LogP contribution in [0.1, 0.15) is 11.1 Å². The standard InChI is InChI=1S/C14H14N4O2S/c15-8-10-1-3-11(4-2-10)9-18-14-7-12(21(17,19)20)5-6-13(14)16/h1-7,18H,9,16H2,(H2,17,19,20). The minimum Gasteiger partial charge on any atom is -0.397 e. The van der Waals surface area contributed by atoms with Crippen molar-refractivity contribution in [3.63, 3.8) is 0 Å². The molecule has 2 aromatic rings. The Bertz CT molecular complexity index is 793. The minimum atomic E-state index is -3.77. The summed E-state index contributed by atoms with van der Waals surface area (Å²) >= 11 is 0. The van der Waals surface area contributed by atoms with Gasteiger partial charge in [0.15, 0.2) is 0 Å². The number of nitrogens with one attached hydrogen (secondary N) is 1. The summed E-state index contributed by atoms with van der Waals surface area (Å²) in [4.78, 5) is -0.000900. The molecule has 0 bridgehead atoms. The molecular formula is C14H14N4O2S. The Kier molecular flexibility index (Phi) is 4.12. The molecule has 6 nitrogen and oxygen atoms in total. The van der Waals surface area contributed by atoms with Crippen LogP contribution in [0.2, 0.25) is 0 Å². The first-order valence-electron chi connectivity index (χ1n) is 6.05. The summed E-state index contributed by atoms with van der Waals surface area (Å²) in [5.41, 5.74) is 8.24. The second kappa shape index (κ2) is 5.83. The number of nitriles is 1. The van der Waals surface area contributed by atoms with Gasteiger partial charge in [-0.1, -0.05) is 12.1 Å². The highest BCUT2D eigenvalue weighted by molar-refractivity contribution is 7.89. The van der Waals surface area contributed by atoms with Crippen LogP contribution in [-0.2, 0) is 16.6 Å². The topological polar surface area (TPSA) is 122 Å². The van der Waals surface area contributed by atoms with Gasteiger partial charge in [0.25, 0.3) is 0 Å². The molecule has 0 aliphatic rings. The molecule has 0 heterocycles. The first kappa shape index (κ1) is 14.8. The number of primary sulfonamides is 1. The number of benzene rings is 2. The fourth-order valence-corrected chi connectivity index (χ4v) is 2.30. The molecule has 0 aliphatic carbocycles. The van der Waals surface area contributed by atoms with E-state index < -0.39 is 10.0 Å². The monoisotopic (exact) mass is 302 g/mol. The van der Waals surface area contributed by atoms with Crippen LogP contribution in [0.5, 0.6) is 0 Å². The van der Waals surface area contributed by atoms with Gasteiger partial charge >= 0.3 is 0 Å². The van der Waals surface area contributed by atoms with E-state index in [0.29, 0.717) is 23.5 Å². The number of nitrogen functional groups attached to an aromatic ring is 1. The lowest BCUT2D eigenvalue weighted by molar-refractivity contribution is 0.598. The van der Waals surface area contributed by atoms with Crippen molar-refractivity contribution < 1.29 is 8.42 Å². The molecule has 0 amide bonds. The molecule has 2 aromatic carbocycles. The van der Waals surface area contributed by atoms with Crippen LogP contribution in [0, 0.1) is 11.3 Å². The van der Waals surface area contributed by atoms with E-state index in [1.807, 2.05) is 18.2 Å². The number of hydrogen-bond acceptors (Lipinski definition) is 5. The van der Waals surface area contributed by atoms with Gasteiger partial charge in [-0.3, -0.25) is 0 Å². The van der Waals surface area contributed by atoms with E-state index in [-0.39, 0.29) is 4.90 Å². The van der Waals surface area contributed by atoms with E-state index in [2.05, 4.69) is 5.32 Å². The first-order valence-corrected chi connectivity index (χ1v) is 7.60. The van der Waals surface area contributed by atoms with Crippen molar-refractivity contribution in [3.05, 3.63) is 53.6 Å². The summed E-state index contributed by atoms with van der Waals surface area (Å²) in [7, 11) is -3.77. The van der Waals surface area contributed by atoms with Crippen LogP contribution in [-0.4, -0.2) is 8.42 Å². The fourth-order valence-electron chi connectivity index (χ4n) is 1.76. The second-order valence-corrected chi connectivity index (χ2v) is 6.02. The summed E-state index contributed by atoms with van der Waals surface area (Å²) in [6.45, 7) is 0.448. The van der Waals surface area contributed by atoms with Gasteiger partial charge in [-0.25, -0.2) is 13.6 Å². The van der Waals surface area contributed by atoms with E-state index in [9.17, 15) is 8.42 Å². The Morgan fingerprint density at radius 2 is 1.81 bits per heavy atom. The van der Waals surface area contributed by atoms with Gasteiger partial charge in [0, 0.05) is 6.54 Å². The summed E-state index contributed by atoms with van der Waals surface area (Å²) in [5, 5.41) is 16.9. The number of hydrogen-bond donors (Lipinski definition) is 3. The number of sulfonamides is 1. The zero-order valence-electron chi connectivity index (χ0n) is 11.1. The lowest BCUT2D eigenvalue weighted by Crippen LogP contribution is -2.13. The van der Waals surface area contributed by atoms with E-state index in [1.165, 1.54) is 18.2 Å². The number of nitrogens with two attached hydrogens (primary N) is 2. The van der Waals surface area contributed by atoms with Gasteiger partial charge < -0.3 is 11.1 Å². The molecule has 0 aliphatic heterocycles. The molecule has 7 heteroatoms. The molecule has 0 atom stereocenters. The molecule has 108 valence electrons. The molecule has 0 radical (unpaired) electrons. The number of nitrogens with zero attached hydrogens (tertiary/aromatic N) is 1. The zero-order chi connectivity index (χ0) is 15.5. The second-order valence-electron chi connectivity index (χ2n) is 4.46. The predicted octanol–water partition coefficient (Wildman–Crippen LogP) is 1.40. The Hall–Kier alpha value is -2.56. The highest BCUT2D eigenvalue weighted by atomic mass is 32.2. The third kappa shape index (κ3) is 3.72. The molecule has 0 spiro atoms. The van der Waals surface area contributed by atoms with E-state index in [4.69, 9.17) is 16.1 Å². The Morgan fingerprint density at radius 3 is 2.38 bits per heavy atom. The Labute approximate surface area is 123 Å². The maximum Gasteiger partial charge on any atom is 0.238 e. The van der Waals surface area contributed by atoms with Crippen LogP contribution in [0.4, 0.5) is 11.4 Å². The number of rotatable bonds is 4. The molecule has 0 saturated heterocycles. The summed E-state index contributed by atoms with van der Waals surface area (Å²) in [6, 6.07) is 13.3. The minimum absolute atomic E-state index is 0.000900. The van der Waals surface area contributed by atoms with Gasteiger partial charge in [-0.2, -0.15) is 5.26 Å². The lowest BCUT2D eigenvalue weighted by atomic mass is 10.1. The van der Waals surface area contributed by atoms with E-state index in [0.717, 1.165) is 5.56 Å². The summed E-state index contributed by atoms with van der Waals surface area (Å²) in [5.74, 6) is 0. The normalized spacial score (nSPS) is 10.9. The van der Waals surface area contributed by atoms with Gasteiger partial charge in [0.05, 0.1) is 27.9 Å². The predicted molar refractivity (Wildman–Crippen MR) is 80.7 cm³/mol. The largest absolute Gasteiger partial charge is 0.397 e. The van der Waals surface area contributed by atoms with Crippen LogP contribution in [0.15, 0.2) is 47.4 Å². The fraction of sp³-hybridized carbons (Fsp3) is 0.0714. The molecule has 0 saturated carbocycles. The van der Waals surface area contributed by atoms with Crippen molar-refractivity contribution >= 4 is 21.4 Å². The SMILES string of the molecule is N#Cc1ccc(CNc2cc(S(N)(=O)=O)ccc2N)cc1. The summed E-state index contributed by atoms with van der Waals surface area (Å²) in [6.07, 6.45) is 0. The van der Waals surface area contributed by atoms with Gasteiger partial charge in [-0.15, -0.1) is 0 Å². The van der Waals surface area contributed by atoms with Crippen LogP contribution in [0.3, 0.4) is 0 Å². The Balaban J connectivity index is 2.17. The lowest BCUT2D eigenvalue weighted by Gasteiger charge is -2.11. The van der Waals surface area contributed by atoms with Gasteiger partial charge in [-0.05, 0) is 35.9 Å². The third-order valence-electron chi connectivity index (χ3n) is 2.92. The molecule has 21 heavy (non-hydrogen) atoms. The molecule has 0 aromatic heterocycles. The smallest absolute Gasteiger partial charge is 0.238 e.